The lowest BCUT2D eigenvalue weighted by atomic mass is 9.98. The zero-order chi connectivity index (χ0) is 32.3. The van der Waals surface area contributed by atoms with E-state index in [4.69, 9.17) is 8.83 Å². The zero-order valence-corrected chi connectivity index (χ0v) is 29.5. The molecule has 3 aromatic heterocycles. The molecule has 0 bridgehead atoms. The molecule has 2 saturated carbocycles. The molecular formula is C29H33BBr3N3O8. The number of imide groups is 1. The van der Waals surface area contributed by atoms with Crippen molar-refractivity contribution in [3.63, 3.8) is 0 Å². The molecule has 0 aromatic carbocycles. The fourth-order valence-electron chi connectivity index (χ4n) is 5.16. The van der Waals surface area contributed by atoms with E-state index >= 15 is 0 Å². The highest BCUT2D eigenvalue weighted by atomic mass is 79.9. The standard InChI is InChI=1S/C15H18N2O4.C14H15NO4.BBr3/c1-3-10-7-11(18)21-14-12(10)13(19)17(8-9-5-6-9)15(20)16(14)4-2;1-2-9-5-12(17)19-10-6-11(16)15(7-8-3-4-8)14(18)13(9)10;2-1(3)4/h7,9H,3-6,8H2,1-2H3;5,8H,2-4,6-7H2,1H3;. The Bertz CT molecular complexity index is 1800. The van der Waals surface area contributed by atoms with Gasteiger partial charge in [-0.15, -0.1) is 47.3 Å². The normalized spacial score (nSPS) is 15.7. The number of rotatable bonds is 7. The summed E-state index contributed by atoms with van der Waals surface area (Å²) in [5.74, 6) is 0.528. The minimum Gasteiger partial charge on any atom is -0.426 e. The fraction of sp³-hybridized carbons (Fsp3) is 0.517. The molecular weight excluding hydrogens is 769 g/mol. The molecule has 0 spiro atoms. The van der Waals surface area contributed by atoms with Crippen LogP contribution in [0.1, 0.15) is 73.7 Å². The molecule has 3 aromatic rings. The summed E-state index contributed by atoms with van der Waals surface area (Å²) in [5, 5.41) is 0.360. The maximum atomic E-state index is 12.7. The first-order valence-electron chi connectivity index (χ1n) is 14.6. The van der Waals surface area contributed by atoms with Crippen molar-refractivity contribution in [3.8, 4) is 0 Å². The van der Waals surface area contributed by atoms with E-state index in [1.807, 2.05) is 13.8 Å². The van der Waals surface area contributed by atoms with Crippen molar-refractivity contribution < 1.29 is 18.4 Å². The van der Waals surface area contributed by atoms with Crippen LogP contribution in [0.5, 0.6) is 0 Å². The molecule has 4 heterocycles. The van der Waals surface area contributed by atoms with Crippen LogP contribution in [0, 0.1) is 11.8 Å². The Morgan fingerprint density at radius 2 is 1.34 bits per heavy atom. The summed E-state index contributed by atoms with van der Waals surface area (Å²) in [6.45, 7) is 6.86. The molecule has 0 saturated heterocycles. The molecule has 44 heavy (non-hydrogen) atoms. The Labute approximate surface area is 278 Å². The SMILES string of the molecule is BrB(Br)Br.CCc1cc(=O)oc2c1C(=O)N(CC1CC1)C(=O)C2.CCc1cc(=O)oc2c1c(=O)n(CC1CC1)c(=O)n2CC. The highest BCUT2D eigenvalue weighted by molar-refractivity contribution is 9.69. The third kappa shape index (κ3) is 8.00. The van der Waals surface area contributed by atoms with Crippen LogP contribution in [0.3, 0.4) is 0 Å². The van der Waals surface area contributed by atoms with Crippen molar-refractivity contribution in [1.82, 2.24) is 14.0 Å². The highest BCUT2D eigenvalue weighted by Crippen LogP contribution is 2.32. The van der Waals surface area contributed by atoms with E-state index < -0.39 is 16.9 Å². The van der Waals surface area contributed by atoms with Crippen LogP contribution in [-0.4, -0.2) is 35.6 Å². The second-order valence-corrected chi connectivity index (χ2v) is 17.4. The number of carbonyl (C=O) groups is 2. The topological polar surface area (TPSA) is 142 Å². The Kier molecular flexibility index (Phi) is 11.5. The first-order chi connectivity index (χ1) is 20.9. The van der Waals surface area contributed by atoms with Gasteiger partial charge >= 0.3 is 20.1 Å². The van der Waals surface area contributed by atoms with Gasteiger partial charge in [-0.2, -0.15) is 0 Å². The van der Waals surface area contributed by atoms with Crippen molar-refractivity contribution in [1.29, 1.82) is 0 Å². The molecule has 2 aliphatic carbocycles. The number of nitrogens with zero attached hydrogens (tertiary/aromatic N) is 3. The van der Waals surface area contributed by atoms with Crippen molar-refractivity contribution in [2.45, 2.75) is 78.8 Å². The number of amides is 2. The summed E-state index contributed by atoms with van der Waals surface area (Å²) in [4.78, 5) is 73.9. The minimum absolute atomic E-state index is 0.0108. The van der Waals surface area contributed by atoms with E-state index in [2.05, 4.69) is 47.3 Å². The maximum absolute atomic E-state index is 12.7. The number of halogens is 3. The lowest BCUT2D eigenvalue weighted by Gasteiger charge is -2.26. The van der Waals surface area contributed by atoms with Crippen LogP contribution in [-0.2, 0) is 37.1 Å². The predicted molar refractivity (Wildman–Crippen MR) is 178 cm³/mol. The second kappa shape index (κ2) is 14.7. The molecule has 0 unspecified atom stereocenters. The van der Waals surface area contributed by atoms with Gasteiger partial charge in [0, 0.05) is 31.8 Å². The highest BCUT2D eigenvalue weighted by Gasteiger charge is 2.38. The van der Waals surface area contributed by atoms with E-state index in [1.165, 1.54) is 26.2 Å². The Morgan fingerprint density at radius 1 is 0.795 bits per heavy atom. The molecule has 3 aliphatic rings. The van der Waals surface area contributed by atoms with Gasteiger partial charge in [-0.3, -0.25) is 28.4 Å². The molecule has 0 radical (unpaired) electrons. The van der Waals surface area contributed by atoms with Crippen molar-refractivity contribution in [2.75, 3.05) is 6.54 Å². The summed E-state index contributed by atoms with van der Waals surface area (Å²) in [7, 11) is 0. The monoisotopic (exact) mass is 799 g/mol. The van der Waals surface area contributed by atoms with E-state index in [9.17, 15) is 28.8 Å². The second-order valence-electron chi connectivity index (χ2n) is 10.9. The van der Waals surface area contributed by atoms with Gasteiger partial charge in [-0.1, -0.05) is 13.8 Å². The molecule has 236 valence electrons. The number of hydrogen-bond acceptors (Lipinski definition) is 8. The van der Waals surface area contributed by atoms with Crippen molar-refractivity contribution >= 4 is 73.4 Å². The molecule has 11 nitrogen and oxygen atoms in total. The predicted octanol–water partition coefficient (Wildman–Crippen LogP) is 4.40. The average Bonchev–Trinajstić information content (AvgIpc) is 3.89. The van der Waals surface area contributed by atoms with Crippen LogP contribution in [0.25, 0.3) is 11.1 Å². The van der Waals surface area contributed by atoms with E-state index in [0.29, 0.717) is 66.4 Å². The fourth-order valence-corrected chi connectivity index (χ4v) is 5.16. The van der Waals surface area contributed by atoms with Gasteiger partial charge in [0.2, 0.25) is 11.6 Å². The molecule has 2 fully saturated rings. The molecule has 2 amide bonds. The van der Waals surface area contributed by atoms with Crippen LogP contribution >= 0.6 is 47.3 Å². The lowest BCUT2D eigenvalue weighted by molar-refractivity contribution is -0.129. The quantitative estimate of drug-likeness (QED) is 0.253. The first kappa shape index (κ1) is 34.4. The zero-order valence-electron chi connectivity index (χ0n) is 24.7. The Hall–Kier alpha value is -2.52. The summed E-state index contributed by atoms with van der Waals surface area (Å²) >= 11 is 9.31. The third-order valence-corrected chi connectivity index (χ3v) is 7.73. The third-order valence-electron chi connectivity index (χ3n) is 7.73. The van der Waals surface area contributed by atoms with Gasteiger partial charge in [-0.25, -0.2) is 14.4 Å². The van der Waals surface area contributed by atoms with Gasteiger partial charge in [0.25, 0.3) is 11.5 Å². The van der Waals surface area contributed by atoms with E-state index in [1.54, 1.807) is 6.92 Å². The number of aryl methyl sites for hydroxylation is 3. The molecule has 15 heteroatoms. The molecule has 0 N–H and O–H groups in total. The largest absolute Gasteiger partial charge is 0.426 e. The smallest absolute Gasteiger partial charge is 0.369 e. The minimum atomic E-state index is -0.528. The number of carbonyl (C=O) groups excluding carboxylic acids is 2. The Balaban J connectivity index is 0.000000180. The van der Waals surface area contributed by atoms with E-state index in [0.717, 1.165) is 25.7 Å². The van der Waals surface area contributed by atoms with Crippen LogP contribution in [0.15, 0.2) is 40.1 Å². The average molecular weight is 802 g/mol. The van der Waals surface area contributed by atoms with Crippen molar-refractivity contribution in [2.24, 2.45) is 11.8 Å². The molecule has 1 aliphatic heterocycles. The first-order valence-corrected chi connectivity index (χ1v) is 17.4. The van der Waals surface area contributed by atoms with E-state index in [-0.39, 0.29) is 38.5 Å². The number of hydrogen-bond donors (Lipinski definition) is 0. The van der Waals surface area contributed by atoms with Gasteiger partial charge in [0.15, 0.2) is 0 Å². The van der Waals surface area contributed by atoms with Gasteiger partial charge in [-0.05, 0) is 68.4 Å². The maximum Gasteiger partial charge on any atom is 0.369 e. The number of fused-ring (bicyclic) bond motifs is 2. The van der Waals surface area contributed by atoms with Crippen LogP contribution in [0.2, 0.25) is 0 Å². The summed E-state index contributed by atoms with van der Waals surface area (Å²) in [6.07, 6.45) is 5.40. The van der Waals surface area contributed by atoms with Crippen molar-refractivity contribution in [3.05, 3.63) is 76.3 Å². The van der Waals surface area contributed by atoms with Gasteiger partial charge in [0.1, 0.15) is 11.1 Å². The van der Waals surface area contributed by atoms with Gasteiger partial charge < -0.3 is 8.83 Å². The van der Waals surface area contributed by atoms with Gasteiger partial charge in [0.05, 0.1) is 12.0 Å². The Morgan fingerprint density at radius 3 is 1.89 bits per heavy atom. The van der Waals surface area contributed by atoms with Crippen LogP contribution < -0.4 is 22.5 Å². The lowest BCUT2D eigenvalue weighted by Crippen LogP contribution is -2.44. The summed E-state index contributed by atoms with van der Waals surface area (Å²) in [5.41, 5.74) is 0.0754. The summed E-state index contributed by atoms with van der Waals surface area (Å²) in [6, 6.07) is 2.69. The summed E-state index contributed by atoms with van der Waals surface area (Å²) < 4.78 is 13.1. The van der Waals surface area contributed by atoms with Crippen LogP contribution in [0.4, 0.5) is 0 Å². The molecule has 0 atom stereocenters. The number of aromatic nitrogens is 2. The molecule has 6 rings (SSSR count).